The van der Waals surface area contributed by atoms with E-state index in [-0.39, 0.29) is 5.91 Å². The molecule has 2 heterocycles. The Hall–Kier alpha value is -2.96. The summed E-state index contributed by atoms with van der Waals surface area (Å²) in [5.41, 5.74) is 3.27. The normalized spacial score (nSPS) is 12.2. The summed E-state index contributed by atoms with van der Waals surface area (Å²) < 4.78 is 6.84. The van der Waals surface area contributed by atoms with Gasteiger partial charge in [0.25, 0.3) is 5.91 Å². The van der Waals surface area contributed by atoms with Crippen LogP contribution in [0.25, 0.3) is 11.4 Å². The highest BCUT2D eigenvalue weighted by Gasteiger charge is 2.20. The van der Waals surface area contributed by atoms with E-state index < -0.39 is 6.04 Å². The van der Waals surface area contributed by atoms with Crippen molar-refractivity contribution in [2.45, 2.75) is 26.8 Å². The Morgan fingerprint density at radius 3 is 2.75 bits per heavy atom. The highest BCUT2D eigenvalue weighted by Crippen LogP contribution is 2.19. The number of aromatic nitrogens is 4. The van der Waals surface area contributed by atoms with Crippen LogP contribution < -0.4 is 5.32 Å². The first-order valence-corrected chi connectivity index (χ1v) is 7.66. The Morgan fingerprint density at radius 2 is 2.08 bits per heavy atom. The van der Waals surface area contributed by atoms with Crippen LogP contribution in [-0.4, -0.2) is 25.8 Å². The van der Waals surface area contributed by atoms with Crippen molar-refractivity contribution < 1.29 is 9.32 Å². The van der Waals surface area contributed by atoms with Crippen molar-refractivity contribution in [2.75, 3.05) is 0 Å². The second-order valence-electron chi connectivity index (χ2n) is 5.82. The third kappa shape index (κ3) is 3.19. The maximum absolute atomic E-state index is 12.3. The van der Waals surface area contributed by atoms with E-state index in [0.29, 0.717) is 17.4 Å². The average molecular weight is 325 g/mol. The van der Waals surface area contributed by atoms with E-state index in [1.807, 2.05) is 38.1 Å². The minimum Gasteiger partial charge on any atom is -0.339 e. The van der Waals surface area contributed by atoms with Gasteiger partial charge in [-0.15, -0.1) is 0 Å². The van der Waals surface area contributed by atoms with Gasteiger partial charge in [0.2, 0.25) is 11.7 Å². The van der Waals surface area contributed by atoms with Crippen molar-refractivity contribution in [2.24, 2.45) is 7.05 Å². The second-order valence-corrected chi connectivity index (χ2v) is 5.82. The molecule has 0 saturated heterocycles. The summed E-state index contributed by atoms with van der Waals surface area (Å²) in [6.07, 6.45) is 0. The Labute approximate surface area is 139 Å². The summed E-state index contributed by atoms with van der Waals surface area (Å²) in [6, 6.07) is 9.17. The molecule has 1 aromatic carbocycles. The van der Waals surface area contributed by atoms with Gasteiger partial charge in [-0.3, -0.25) is 9.48 Å². The van der Waals surface area contributed by atoms with Gasteiger partial charge in [0.05, 0.1) is 5.69 Å². The highest BCUT2D eigenvalue weighted by atomic mass is 16.5. The fourth-order valence-corrected chi connectivity index (χ4v) is 2.47. The van der Waals surface area contributed by atoms with Crippen LogP contribution in [-0.2, 0) is 7.05 Å². The molecule has 0 aliphatic carbocycles. The van der Waals surface area contributed by atoms with Crippen molar-refractivity contribution >= 4 is 5.91 Å². The number of carbonyl (C=O) groups excluding carboxylic acids is 1. The molecule has 7 nitrogen and oxygen atoms in total. The largest absolute Gasteiger partial charge is 0.339 e. The van der Waals surface area contributed by atoms with E-state index >= 15 is 0 Å². The molecule has 1 atom stereocenters. The predicted octanol–water partition coefficient (Wildman–Crippen LogP) is 2.58. The molecule has 0 spiro atoms. The van der Waals surface area contributed by atoms with E-state index in [4.69, 9.17) is 4.52 Å². The van der Waals surface area contributed by atoms with Gasteiger partial charge in [-0.05, 0) is 32.9 Å². The van der Waals surface area contributed by atoms with E-state index in [1.54, 1.807) is 24.7 Å². The van der Waals surface area contributed by atoms with Crippen LogP contribution in [0.3, 0.4) is 0 Å². The quantitative estimate of drug-likeness (QED) is 0.797. The van der Waals surface area contributed by atoms with Gasteiger partial charge in [0, 0.05) is 12.6 Å². The van der Waals surface area contributed by atoms with Gasteiger partial charge in [-0.25, -0.2) is 0 Å². The van der Waals surface area contributed by atoms with Gasteiger partial charge in [-0.2, -0.15) is 10.1 Å². The SMILES string of the molecule is Cc1cccc(-c2noc(C(C)NC(=O)c3cc(C)nn3C)n2)c1. The zero-order valence-electron chi connectivity index (χ0n) is 14.1. The molecule has 7 heteroatoms. The van der Waals surface area contributed by atoms with Gasteiger partial charge < -0.3 is 9.84 Å². The summed E-state index contributed by atoms with van der Waals surface area (Å²) >= 11 is 0. The van der Waals surface area contributed by atoms with Crippen LogP contribution >= 0.6 is 0 Å². The minimum atomic E-state index is -0.404. The van der Waals surface area contributed by atoms with Crippen LogP contribution in [0.2, 0.25) is 0 Å². The number of aryl methyl sites for hydroxylation is 3. The molecule has 0 aliphatic heterocycles. The maximum Gasteiger partial charge on any atom is 0.270 e. The van der Waals surface area contributed by atoms with Crippen LogP contribution in [0.15, 0.2) is 34.9 Å². The first-order chi connectivity index (χ1) is 11.4. The average Bonchev–Trinajstić information content (AvgIpc) is 3.14. The number of nitrogens with one attached hydrogen (secondary N) is 1. The molecular formula is C17H19N5O2. The Kier molecular flexibility index (Phi) is 4.16. The lowest BCUT2D eigenvalue weighted by molar-refractivity contribution is 0.0923. The second kappa shape index (κ2) is 6.27. The first kappa shape index (κ1) is 15.9. The minimum absolute atomic E-state index is 0.235. The number of hydrogen-bond acceptors (Lipinski definition) is 5. The van der Waals surface area contributed by atoms with E-state index in [0.717, 1.165) is 16.8 Å². The lowest BCUT2D eigenvalue weighted by Gasteiger charge is -2.09. The van der Waals surface area contributed by atoms with Crippen LogP contribution in [0.4, 0.5) is 0 Å². The monoisotopic (exact) mass is 325 g/mol. The summed E-state index contributed by atoms with van der Waals surface area (Å²) in [4.78, 5) is 16.7. The lowest BCUT2D eigenvalue weighted by atomic mass is 10.1. The van der Waals surface area contributed by atoms with Crippen molar-refractivity contribution in [3.63, 3.8) is 0 Å². The standard InChI is InChI=1S/C17H19N5O2/c1-10-6-5-7-13(8-10)15-19-17(24-21-15)12(3)18-16(23)14-9-11(2)20-22(14)4/h5-9,12H,1-4H3,(H,18,23). The zero-order chi connectivity index (χ0) is 17.3. The molecule has 0 bridgehead atoms. The van der Waals surface area contributed by atoms with E-state index in [2.05, 4.69) is 20.6 Å². The topological polar surface area (TPSA) is 85.8 Å². The van der Waals surface area contributed by atoms with Crippen molar-refractivity contribution in [3.05, 3.63) is 53.2 Å². The van der Waals surface area contributed by atoms with Gasteiger partial charge >= 0.3 is 0 Å². The smallest absolute Gasteiger partial charge is 0.270 e. The lowest BCUT2D eigenvalue weighted by Crippen LogP contribution is -2.28. The van der Waals surface area contributed by atoms with Gasteiger partial charge in [0.15, 0.2) is 0 Å². The molecule has 0 saturated carbocycles. The third-order valence-corrected chi connectivity index (χ3v) is 3.67. The molecular weight excluding hydrogens is 306 g/mol. The number of nitrogens with zero attached hydrogens (tertiary/aromatic N) is 4. The molecule has 0 radical (unpaired) electrons. The third-order valence-electron chi connectivity index (χ3n) is 3.67. The molecule has 3 aromatic rings. The predicted molar refractivity (Wildman–Crippen MR) is 88.3 cm³/mol. The number of rotatable bonds is 4. The maximum atomic E-state index is 12.3. The molecule has 0 fully saturated rings. The molecule has 3 rings (SSSR count). The van der Waals surface area contributed by atoms with Crippen LogP contribution in [0.5, 0.6) is 0 Å². The molecule has 24 heavy (non-hydrogen) atoms. The first-order valence-electron chi connectivity index (χ1n) is 7.66. The fraction of sp³-hybridized carbons (Fsp3) is 0.294. The number of amides is 1. The zero-order valence-corrected chi connectivity index (χ0v) is 14.1. The van der Waals surface area contributed by atoms with Crippen LogP contribution in [0, 0.1) is 13.8 Å². The van der Waals surface area contributed by atoms with E-state index in [1.165, 1.54) is 0 Å². The fourth-order valence-electron chi connectivity index (χ4n) is 2.47. The van der Waals surface area contributed by atoms with Gasteiger partial charge in [0.1, 0.15) is 11.7 Å². The Bertz CT molecular complexity index is 881. The van der Waals surface area contributed by atoms with Gasteiger partial charge in [-0.1, -0.05) is 28.9 Å². The number of benzene rings is 1. The highest BCUT2D eigenvalue weighted by molar-refractivity contribution is 5.92. The Balaban J connectivity index is 1.75. The Morgan fingerprint density at radius 1 is 1.29 bits per heavy atom. The molecule has 124 valence electrons. The van der Waals surface area contributed by atoms with E-state index in [9.17, 15) is 4.79 Å². The summed E-state index contributed by atoms with van der Waals surface area (Å²) in [5, 5.41) is 11.0. The van der Waals surface area contributed by atoms with Crippen LogP contribution in [0.1, 0.15) is 40.6 Å². The molecule has 2 aromatic heterocycles. The van der Waals surface area contributed by atoms with Crippen molar-refractivity contribution in [1.29, 1.82) is 0 Å². The summed E-state index contributed by atoms with van der Waals surface area (Å²) in [6.45, 7) is 5.64. The van der Waals surface area contributed by atoms with Crippen molar-refractivity contribution in [1.82, 2.24) is 25.2 Å². The number of hydrogen-bond donors (Lipinski definition) is 1. The number of carbonyl (C=O) groups is 1. The summed E-state index contributed by atoms with van der Waals surface area (Å²) in [7, 11) is 1.73. The molecule has 1 N–H and O–H groups in total. The molecule has 0 aliphatic rings. The molecule has 1 amide bonds. The summed E-state index contributed by atoms with van der Waals surface area (Å²) in [5.74, 6) is 0.630. The molecule has 1 unspecified atom stereocenters. The van der Waals surface area contributed by atoms with Crippen molar-refractivity contribution in [3.8, 4) is 11.4 Å².